The Hall–Kier alpha value is -1.45. The Labute approximate surface area is 93.9 Å². The van der Waals surface area contributed by atoms with Crippen LogP contribution in [-0.4, -0.2) is 13.0 Å². The predicted molar refractivity (Wildman–Crippen MR) is 59.3 cm³/mol. The molecule has 1 aromatic carbocycles. The Morgan fingerprint density at radius 2 is 2.06 bits per heavy atom. The molecule has 0 atom stereocenters. The van der Waals surface area contributed by atoms with Gasteiger partial charge >= 0.3 is 0 Å². The number of halogens is 2. The topological polar surface area (TPSA) is 20.3 Å². The smallest absolute Gasteiger partial charge is 0.226 e. The van der Waals surface area contributed by atoms with Crippen molar-refractivity contribution in [3.63, 3.8) is 0 Å². The highest BCUT2D eigenvalue weighted by Gasteiger charge is 2.14. The summed E-state index contributed by atoms with van der Waals surface area (Å²) in [4.78, 5) is 12.8. The van der Waals surface area contributed by atoms with Crippen molar-refractivity contribution in [2.24, 2.45) is 0 Å². The van der Waals surface area contributed by atoms with Gasteiger partial charge in [0.15, 0.2) is 0 Å². The van der Waals surface area contributed by atoms with Crippen molar-refractivity contribution in [3.05, 3.63) is 29.8 Å². The minimum absolute atomic E-state index is 0.113. The lowest BCUT2D eigenvalue weighted by Crippen LogP contribution is -2.26. The Morgan fingerprint density at radius 3 is 2.62 bits per heavy atom. The van der Waals surface area contributed by atoms with E-state index < -0.39 is 11.6 Å². The molecule has 16 heavy (non-hydrogen) atoms. The number of anilines is 1. The maximum absolute atomic E-state index is 13.3. The van der Waals surface area contributed by atoms with E-state index in [1.54, 1.807) is 0 Å². The molecule has 0 heterocycles. The van der Waals surface area contributed by atoms with E-state index in [1.807, 2.05) is 6.92 Å². The van der Waals surface area contributed by atoms with Gasteiger partial charge in [0.2, 0.25) is 5.91 Å². The van der Waals surface area contributed by atoms with Crippen LogP contribution >= 0.6 is 0 Å². The van der Waals surface area contributed by atoms with E-state index in [1.165, 1.54) is 18.0 Å². The van der Waals surface area contributed by atoms with Crippen molar-refractivity contribution in [1.82, 2.24) is 0 Å². The van der Waals surface area contributed by atoms with E-state index in [0.717, 1.165) is 25.0 Å². The molecular weight excluding hydrogens is 212 g/mol. The van der Waals surface area contributed by atoms with Gasteiger partial charge in [-0.25, -0.2) is 8.78 Å². The summed E-state index contributed by atoms with van der Waals surface area (Å²) in [5, 5.41) is 0. The van der Waals surface area contributed by atoms with Crippen molar-refractivity contribution in [2.45, 2.75) is 26.2 Å². The molecule has 2 nitrogen and oxygen atoms in total. The molecule has 0 aliphatic carbocycles. The second-order valence-corrected chi connectivity index (χ2v) is 3.65. The molecule has 0 fully saturated rings. The average molecular weight is 227 g/mol. The number of amides is 1. The first-order chi connectivity index (χ1) is 7.56. The van der Waals surface area contributed by atoms with Crippen LogP contribution in [0, 0.1) is 11.6 Å². The fraction of sp³-hybridized carbons (Fsp3) is 0.417. The number of benzene rings is 1. The van der Waals surface area contributed by atoms with Crippen LogP contribution in [0.4, 0.5) is 14.5 Å². The van der Waals surface area contributed by atoms with Gasteiger partial charge in [0, 0.05) is 19.5 Å². The van der Waals surface area contributed by atoms with Gasteiger partial charge in [-0.2, -0.15) is 0 Å². The third kappa shape index (κ3) is 3.02. The molecule has 1 aromatic rings. The van der Waals surface area contributed by atoms with Crippen molar-refractivity contribution < 1.29 is 13.6 Å². The molecule has 1 rings (SSSR count). The Bertz CT molecular complexity index is 379. The van der Waals surface area contributed by atoms with Crippen LogP contribution in [-0.2, 0) is 4.79 Å². The van der Waals surface area contributed by atoms with Crippen molar-refractivity contribution in [2.75, 3.05) is 11.9 Å². The molecule has 0 aromatic heterocycles. The van der Waals surface area contributed by atoms with E-state index >= 15 is 0 Å². The van der Waals surface area contributed by atoms with Crippen LogP contribution in [0.5, 0.6) is 0 Å². The zero-order chi connectivity index (χ0) is 12.1. The highest BCUT2D eigenvalue weighted by atomic mass is 19.1. The number of carbonyl (C=O) groups is 1. The standard InChI is InChI=1S/C12H15F2NO/c1-3-4-5-12(16)15(2)11-7-6-9(13)8-10(11)14/h6-8H,3-5H2,1-2H3. The third-order valence-electron chi connectivity index (χ3n) is 2.39. The van der Waals surface area contributed by atoms with Gasteiger partial charge < -0.3 is 4.90 Å². The van der Waals surface area contributed by atoms with E-state index in [4.69, 9.17) is 0 Å². The maximum Gasteiger partial charge on any atom is 0.226 e. The van der Waals surface area contributed by atoms with E-state index in [0.29, 0.717) is 6.42 Å². The molecule has 88 valence electrons. The fourth-order valence-electron chi connectivity index (χ4n) is 1.38. The van der Waals surface area contributed by atoms with E-state index in [2.05, 4.69) is 0 Å². The normalized spacial score (nSPS) is 10.2. The molecule has 0 aliphatic heterocycles. The number of nitrogens with zero attached hydrogens (tertiary/aromatic N) is 1. The number of unbranched alkanes of at least 4 members (excludes halogenated alkanes) is 1. The Morgan fingerprint density at radius 1 is 1.38 bits per heavy atom. The lowest BCUT2D eigenvalue weighted by atomic mass is 10.2. The summed E-state index contributed by atoms with van der Waals surface area (Å²) in [7, 11) is 1.49. The maximum atomic E-state index is 13.3. The molecule has 0 aliphatic rings. The Balaban J connectivity index is 2.79. The number of rotatable bonds is 4. The summed E-state index contributed by atoms with van der Waals surface area (Å²) < 4.78 is 26.0. The van der Waals surface area contributed by atoms with Gasteiger partial charge in [-0.15, -0.1) is 0 Å². The molecule has 0 saturated heterocycles. The highest BCUT2D eigenvalue weighted by Crippen LogP contribution is 2.19. The Kier molecular flexibility index (Phi) is 4.40. The molecular formula is C12H15F2NO. The third-order valence-corrected chi connectivity index (χ3v) is 2.39. The summed E-state index contributed by atoms with van der Waals surface area (Å²) >= 11 is 0. The summed E-state index contributed by atoms with van der Waals surface area (Å²) in [6.45, 7) is 1.98. The van der Waals surface area contributed by atoms with Crippen LogP contribution in [0.15, 0.2) is 18.2 Å². The number of carbonyl (C=O) groups excluding carboxylic acids is 1. The molecule has 0 saturated carbocycles. The second kappa shape index (κ2) is 5.58. The average Bonchev–Trinajstić information content (AvgIpc) is 2.25. The SMILES string of the molecule is CCCCC(=O)N(C)c1ccc(F)cc1F. The minimum Gasteiger partial charge on any atom is -0.313 e. The zero-order valence-corrected chi connectivity index (χ0v) is 9.46. The summed E-state index contributed by atoms with van der Waals surface area (Å²) in [5.41, 5.74) is 0.113. The molecule has 0 spiro atoms. The molecule has 0 radical (unpaired) electrons. The van der Waals surface area contributed by atoms with Gasteiger partial charge in [0.25, 0.3) is 0 Å². The van der Waals surface area contributed by atoms with Crippen molar-refractivity contribution in [1.29, 1.82) is 0 Å². The van der Waals surface area contributed by atoms with Crippen LogP contribution in [0.1, 0.15) is 26.2 Å². The first-order valence-corrected chi connectivity index (χ1v) is 5.28. The number of hydrogen-bond acceptors (Lipinski definition) is 1. The first kappa shape index (κ1) is 12.6. The number of hydrogen-bond donors (Lipinski definition) is 0. The largest absolute Gasteiger partial charge is 0.313 e. The van der Waals surface area contributed by atoms with Gasteiger partial charge in [-0.3, -0.25) is 4.79 Å². The van der Waals surface area contributed by atoms with Crippen LogP contribution in [0.25, 0.3) is 0 Å². The lowest BCUT2D eigenvalue weighted by molar-refractivity contribution is -0.118. The fourth-order valence-corrected chi connectivity index (χ4v) is 1.38. The molecule has 1 amide bonds. The first-order valence-electron chi connectivity index (χ1n) is 5.28. The van der Waals surface area contributed by atoms with Crippen LogP contribution < -0.4 is 4.90 Å². The van der Waals surface area contributed by atoms with Gasteiger partial charge in [0.1, 0.15) is 11.6 Å². The summed E-state index contributed by atoms with van der Waals surface area (Å²) in [5.74, 6) is -1.52. The van der Waals surface area contributed by atoms with Crippen molar-refractivity contribution in [3.8, 4) is 0 Å². The molecule has 0 unspecified atom stereocenters. The minimum atomic E-state index is -0.715. The second-order valence-electron chi connectivity index (χ2n) is 3.65. The molecule has 0 bridgehead atoms. The monoisotopic (exact) mass is 227 g/mol. The van der Waals surface area contributed by atoms with E-state index in [-0.39, 0.29) is 11.6 Å². The van der Waals surface area contributed by atoms with Gasteiger partial charge in [-0.05, 0) is 18.6 Å². The van der Waals surface area contributed by atoms with Crippen LogP contribution in [0.3, 0.4) is 0 Å². The lowest BCUT2D eigenvalue weighted by Gasteiger charge is -2.17. The molecule has 4 heteroatoms. The summed E-state index contributed by atoms with van der Waals surface area (Å²) in [6, 6.07) is 3.19. The quantitative estimate of drug-likeness (QED) is 0.773. The summed E-state index contributed by atoms with van der Waals surface area (Å²) in [6.07, 6.45) is 2.06. The highest BCUT2D eigenvalue weighted by molar-refractivity contribution is 5.92. The van der Waals surface area contributed by atoms with Crippen molar-refractivity contribution >= 4 is 11.6 Å². The van der Waals surface area contributed by atoms with Gasteiger partial charge in [0.05, 0.1) is 5.69 Å². The predicted octanol–water partition coefficient (Wildman–Crippen LogP) is 3.12. The van der Waals surface area contributed by atoms with Gasteiger partial charge in [-0.1, -0.05) is 13.3 Å². The van der Waals surface area contributed by atoms with Crippen LogP contribution in [0.2, 0.25) is 0 Å². The zero-order valence-electron chi connectivity index (χ0n) is 9.46. The van der Waals surface area contributed by atoms with E-state index in [9.17, 15) is 13.6 Å². The molecule has 0 N–H and O–H groups in total.